The van der Waals surface area contributed by atoms with Gasteiger partial charge in [0.1, 0.15) is 0 Å². The second-order valence-corrected chi connectivity index (χ2v) is 8.40. The molecule has 1 unspecified atom stereocenters. The highest BCUT2D eigenvalue weighted by atomic mass is 32.2. The molecule has 1 N–H and O–H groups in total. The number of aliphatic carboxylic acids is 1. The normalized spacial score (nSPS) is 18.4. The van der Waals surface area contributed by atoms with Crippen molar-refractivity contribution in [3.63, 3.8) is 0 Å². The number of carbonyl (C=O) groups is 2. The molecule has 1 heterocycles. The monoisotopic (exact) mass is 353 g/mol. The van der Waals surface area contributed by atoms with Gasteiger partial charge in [-0.05, 0) is 43.4 Å². The Balaban J connectivity index is 2.11. The van der Waals surface area contributed by atoms with Crippen LogP contribution in [0.4, 0.5) is 0 Å². The lowest BCUT2D eigenvalue weighted by Crippen LogP contribution is -2.40. The van der Waals surface area contributed by atoms with E-state index in [2.05, 4.69) is 0 Å². The summed E-state index contributed by atoms with van der Waals surface area (Å²) in [6.45, 7) is 2.71. The summed E-state index contributed by atoms with van der Waals surface area (Å²) in [4.78, 5) is 25.2. The van der Waals surface area contributed by atoms with E-state index in [1.165, 1.54) is 12.1 Å². The first-order chi connectivity index (χ1) is 11.3. The first kappa shape index (κ1) is 18.4. The van der Waals surface area contributed by atoms with Crippen LogP contribution in [0.2, 0.25) is 0 Å². The van der Waals surface area contributed by atoms with Crippen LogP contribution in [-0.2, 0) is 14.6 Å². The molecule has 1 fully saturated rings. The molecule has 7 heteroatoms. The molecule has 0 bridgehead atoms. The molecule has 0 radical (unpaired) electrons. The fourth-order valence-corrected chi connectivity index (χ4v) is 3.91. The summed E-state index contributed by atoms with van der Waals surface area (Å²) in [5, 5.41) is 8.79. The van der Waals surface area contributed by atoms with E-state index in [0.29, 0.717) is 25.1 Å². The lowest BCUT2D eigenvalue weighted by atomic mass is 9.93. The summed E-state index contributed by atoms with van der Waals surface area (Å²) >= 11 is 0. The average molecular weight is 353 g/mol. The summed E-state index contributed by atoms with van der Waals surface area (Å²) in [6, 6.07) is 6.14. The summed E-state index contributed by atoms with van der Waals surface area (Å²) < 4.78 is 23.9. The molecule has 0 spiro atoms. The zero-order valence-electron chi connectivity index (χ0n) is 13.8. The Hall–Kier alpha value is -1.89. The van der Waals surface area contributed by atoms with Crippen LogP contribution in [-0.4, -0.2) is 49.1 Å². The minimum Gasteiger partial charge on any atom is -0.481 e. The van der Waals surface area contributed by atoms with E-state index in [1.54, 1.807) is 24.0 Å². The lowest BCUT2D eigenvalue weighted by molar-refractivity contribution is -0.137. The van der Waals surface area contributed by atoms with Crippen molar-refractivity contribution >= 4 is 21.7 Å². The minimum atomic E-state index is -3.35. The molecule has 1 saturated heterocycles. The Bertz CT molecular complexity index is 713. The maximum atomic E-state index is 12.7. The highest BCUT2D eigenvalue weighted by Crippen LogP contribution is 2.23. The van der Waals surface area contributed by atoms with Crippen molar-refractivity contribution in [3.8, 4) is 0 Å². The van der Waals surface area contributed by atoms with E-state index in [9.17, 15) is 18.0 Å². The van der Waals surface area contributed by atoms with Gasteiger partial charge in [0.15, 0.2) is 9.84 Å². The van der Waals surface area contributed by atoms with Crippen LogP contribution >= 0.6 is 0 Å². The maximum absolute atomic E-state index is 12.7. The number of nitrogens with zero attached hydrogens (tertiary/aromatic N) is 1. The zero-order chi connectivity index (χ0) is 17.7. The highest BCUT2D eigenvalue weighted by Gasteiger charge is 2.25. The van der Waals surface area contributed by atoms with Crippen molar-refractivity contribution in [2.45, 2.75) is 37.5 Å². The molecule has 0 aromatic heterocycles. The lowest BCUT2D eigenvalue weighted by Gasteiger charge is -2.32. The first-order valence-corrected chi connectivity index (χ1v) is 9.82. The molecule has 24 heavy (non-hydrogen) atoms. The largest absolute Gasteiger partial charge is 0.481 e. The van der Waals surface area contributed by atoms with Crippen LogP contribution in [0.15, 0.2) is 29.2 Å². The molecule has 1 atom stereocenters. The Labute approximate surface area is 142 Å². The van der Waals surface area contributed by atoms with Gasteiger partial charge in [0.05, 0.1) is 10.6 Å². The molecular formula is C17H23NO5S. The number of benzene rings is 1. The molecule has 1 aromatic rings. The number of piperidine rings is 1. The third-order valence-electron chi connectivity index (χ3n) is 4.39. The number of hydrogen-bond acceptors (Lipinski definition) is 4. The second-order valence-electron chi connectivity index (χ2n) is 6.12. The maximum Gasteiger partial charge on any atom is 0.303 e. The average Bonchev–Trinajstić information content (AvgIpc) is 2.59. The van der Waals surface area contributed by atoms with Crippen LogP contribution < -0.4 is 0 Å². The van der Waals surface area contributed by atoms with Gasteiger partial charge in [-0.2, -0.15) is 0 Å². The Morgan fingerprint density at radius 2 is 2.08 bits per heavy atom. The van der Waals surface area contributed by atoms with Crippen molar-refractivity contribution in [1.82, 2.24) is 4.90 Å². The Morgan fingerprint density at radius 3 is 2.75 bits per heavy atom. The van der Waals surface area contributed by atoms with Gasteiger partial charge in [0, 0.05) is 25.1 Å². The molecule has 1 amide bonds. The van der Waals surface area contributed by atoms with E-state index in [1.807, 2.05) is 0 Å². The molecule has 0 saturated carbocycles. The van der Waals surface area contributed by atoms with E-state index in [-0.39, 0.29) is 28.9 Å². The first-order valence-electron chi connectivity index (χ1n) is 8.17. The molecule has 1 aromatic carbocycles. The van der Waals surface area contributed by atoms with Gasteiger partial charge in [-0.3, -0.25) is 9.59 Å². The van der Waals surface area contributed by atoms with Crippen LogP contribution in [0, 0.1) is 5.92 Å². The van der Waals surface area contributed by atoms with E-state index in [0.717, 1.165) is 12.8 Å². The van der Waals surface area contributed by atoms with Crippen LogP contribution in [0.3, 0.4) is 0 Å². The smallest absolute Gasteiger partial charge is 0.303 e. The van der Waals surface area contributed by atoms with E-state index in [4.69, 9.17) is 5.11 Å². The van der Waals surface area contributed by atoms with Gasteiger partial charge in [0.2, 0.25) is 0 Å². The predicted molar refractivity (Wildman–Crippen MR) is 89.7 cm³/mol. The van der Waals surface area contributed by atoms with Crippen LogP contribution in [0.25, 0.3) is 0 Å². The summed E-state index contributed by atoms with van der Waals surface area (Å²) in [5.74, 6) is -0.841. The third kappa shape index (κ3) is 4.56. The van der Waals surface area contributed by atoms with Gasteiger partial charge >= 0.3 is 5.97 Å². The van der Waals surface area contributed by atoms with Crippen molar-refractivity contribution in [2.24, 2.45) is 5.92 Å². The third-order valence-corrected chi connectivity index (χ3v) is 6.13. The Morgan fingerprint density at radius 1 is 1.33 bits per heavy atom. The number of sulfone groups is 1. The number of rotatable bonds is 6. The van der Waals surface area contributed by atoms with Gasteiger partial charge in [0.25, 0.3) is 5.91 Å². The van der Waals surface area contributed by atoms with E-state index >= 15 is 0 Å². The number of carboxylic acids is 1. The SMILES string of the molecule is CCS(=O)(=O)c1cccc(C(=O)N2CCCC(CCC(=O)O)C2)c1. The van der Waals surface area contributed by atoms with Gasteiger partial charge in [-0.1, -0.05) is 13.0 Å². The molecule has 6 nitrogen and oxygen atoms in total. The molecule has 132 valence electrons. The standard InChI is InChI=1S/C17H23NO5S/c1-2-24(22,23)15-7-3-6-14(11-15)17(21)18-10-4-5-13(12-18)8-9-16(19)20/h3,6-7,11,13H,2,4-5,8-10,12H2,1H3,(H,19,20). The Kier molecular flexibility index (Phi) is 5.99. The number of carbonyl (C=O) groups excluding carboxylic acids is 1. The quantitative estimate of drug-likeness (QED) is 0.846. The molecular weight excluding hydrogens is 330 g/mol. The summed E-state index contributed by atoms with van der Waals surface area (Å²) in [5.41, 5.74) is 0.364. The van der Waals surface area contributed by atoms with Crippen LogP contribution in [0.1, 0.15) is 43.0 Å². The summed E-state index contributed by atoms with van der Waals surface area (Å²) in [6.07, 6.45) is 2.42. The topological polar surface area (TPSA) is 91.8 Å². The molecule has 1 aliphatic rings. The highest BCUT2D eigenvalue weighted by molar-refractivity contribution is 7.91. The van der Waals surface area contributed by atoms with Gasteiger partial charge < -0.3 is 10.0 Å². The molecule has 2 rings (SSSR count). The molecule has 0 aliphatic carbocycles. The minimum absolute atomic E-state index is 0.00831. The van der Waals surface area contributed by atoms with Gasteiger partial charge in [-0.15, -0.1) is 0 Å². The number of amides is 1. The van der Waals surface area contributed by atoms with Crippen molar-refractivity contribution in [2.75, 3.05) is 18.8 Å². The van der Waals surface area contributed by atoms with Crippen molar-refractivity contribution in [3.05, 3.63) is 29.8 Å². The summed E-state index contributed by atoms with van der Waals surface area (Å²) in [7, 11) is -3.35. The second kappa shape index (κ2) is 7.79. The number of carboxylic acid groups (broad SMARTS) is 1. The van der Waals surface area contributed by atoms with Gasteiger partial charge in [-0.25, -0.2) is 8.42 Å². The molecule has 1 aliphatic heterocycles. The van der Waals surface area contributed by atoms with Crippen molar-refractivity contribution in [1.29, 1.82) is 0 Å². The zero-order valence-corrected chi connectivity index (χ0v) is 14.6. The number of hydrogen-bond donors (Lipinski definition) is 1. The number of likely N-dealkylation sites (tertiary alicyclic amines) is 1. The van der Waals surface area contributed by atoms with Crippen molar-refractivity contribution < 1.29 is 23.1 Å². The predicted octanol–water partition coefficient (Wildman–Crippen LogP) is 2.20. The van der Waals surface area contributed by atoms with Crippen LogP contribution in [0.5, 0.6) is 0 Å². The fourth-order valence-electron chi connectivity index (χ4n) is 2.98. The fraction of sp³-hybridized carbons (Fsp3) is 0.529. The van der Waals surface area contributed by atoms with E-state index < -0.39 is 15.8 Å².